The third-order valence-electron chi connectivity index (χ3n) is 2.28. The predicted octanol–water partition coefficient (Wildman–Crippen LogP) is 0.267. The van der Waals surface area contributed by atoms with Crippen molar-refractivity contribution in [3.05, 3.63) is 24.0 Å². The summed E-state index contributed by atoms with van der Waals surface area (Å²) in [7, 11) is 0. The van der Waals surface area contributed by atoms with Crippen LogP contribution in [-0.4, -0.2) is 30.2 Å². The summed E-state index contributed by atoms with van der Waals surface area (Å²) in [4.78, 5) is 4.13. The maximum Gasteiger partial charge on any atom is 0.188 e. The van der Waals surface area contributed by atoms with Crippen molar-refractivity contribution in [2.45, 2.75) is 33.0 Å². The molecule has 16 heavy (non-hydrogen) atoms. The summed E-state index contributed by atoms with van der Waals surface area (Å²) in [6.45, 7) is 5.60. The lowest BCUT2D eigenvalue weighted by atomic mass is 10.3. The van der Waals surface area contributed by atoms with E-state index in [1.165, 1.54) is 0 Å². The van der Waals surface area contributed by atoms with E-state index in [0.29, 0.717) is 18.4 Å². The number of rotatable bonds is 5. The van der Waals surface area contributed by atoms with Gasteiger partial charge in [0.15, 0.2) is 5.82 Å². The zero-order valence-corrected chi connectivity index (χ0v) is 9.38. The lowest BCUT2D eigenvalue weighted by molar-refractivity contribution is 0.547. The minimum Gasteiger partial charge on any atom is -0.331 e. The van der Waals surface area contributed by atoms with Gasteiger partial charge in [-0.1, -0.05) is 5.21 Å². The van der Waals surface area contributed by atoms with Crippen molar-refractivity contribution in [1.29, 1.82) is 0 Å². The summed E-state index contributed by atoms with van der Waals surface area (Å²) < 4.78 is 2.13. The highest BCUT2D eigenvalue weighted by atomic mass is 15.5. The van der Waals surface area contributed by atoms with Gasteiger partial charge in [0.1, 0.15) is 0 Å². The Bertz CT molecular complexity index is 417. The minimum atomic E-state index is 0.421. The first-order valence-corrected chi connectivity index (χ1v) is 5.21. The fourth-order valence-corrected chi connectivity index (χ4v) is 1.49. The summed E-state index contributed by atoms with van der Waals surface area (Å²) in [6.07, 6.45) is 3.71. The van der Waals surface area contributed by atoms with Crippen LogP contribution < -0.4 is 5.32 Å². The average Bonchev–Trinajstić information content (AvgIpc) is 2.87. The smallest absolute Gasteiger partial charge is 0.188 e. The molecule has 0 aromatic carbocycles. The summed E-state index contributed by atoms with van der Waals surface area (Å²) in [5, 5.41) is 16.9. The maximum absolute atomic E-state index is 4.13. The van der Waals surface area contributed by atoms with Gasteiger partial charge in [0.05, 0.1) is 18.6 Å². The van der Waals surface area contributed by atoms with Gasteiger partial charge in [-0.15, -0.1) is 10.2 Å². The Morgan fingerprint density at radius 3 is 3.00 bits per heavy atom. The number of aromatic nitrogens is 6. The van der Waals surface area contributed by atoms with E-state index in [1.807, 2.05) is 12.5 Å². The predicted molar refractivity (Wildman–Crippen MR) is 57.3 cm³/mol. The van der Waals surface area contributed by atoms with Crippen LogP contribution in [0.1, 0.15) is 31.4 Å². The monoisotopic (exact) mass is 221 g/mol. The largest absolute Gasteiger partial charge is 0.331 e. The van der Waals surface area contributed by atoms with Crippen molar-refractivity contribution in [3.8, 4) is 0 Å². The molecule has 0 bridgehead atoms. The Labute approximate surface area is 93.3 Å². The molecule has 2 N–H and O–H groups in total. The average molecular weight is 221 g/mol. The van der Waals surface area contributed by atoms with Crippen LogP contribution in [-0.2, 0) is 13.1 Å². The Morgan fingerprint density at radius 2 is 2.31 bits per heavy atom. The number of aromatic amines is 1. The number of H-pyrrole nitrogens is 1. The van der Waals surface area contributed by atoms with Crippen LogP contribution in [0.4, 0.5) is 0 Å². The van der Waals surface area contributed by atoms with Gasteiger partial charge in [-0.2, -0.15) is 5.21 Å². The molecular weight excluding hydrogens is 206 g/mol. The molecule has 0 amide bonds. The molecule has 2 heterocycles. The molecule has 2 aromatic heterocycles. The molecule has 2 aromatic rings. The van der Waals surface area contributed by atoms with Crippen LogP contribution in [0.25, 0.3) is 0 Å². The number of nitrogens with one attached hydrogen (secondary N) is 2. The summed E-state index contributed by atoms with van der Waals surface area (Å²) in [5.41, 5.74) is 1.15. The van der Waals surface area contributed by atoms with Crippen molar-refractivity contribution in [2.24, 2.45) is 0 Å². The molecule has 0 saturated heterocycles. The molecule has 7 nitrogen and oxygen atoms in total. The van der Waals surface area contributed by atoms with Gasteiger partial charge in [0, 0.05) is 18.8 Å². The van der Waals surface area contributed by atoms with Crippen LogP contribution >= 0.6 is 0 Å². The molecule has 86 valence electrons. The van der Waals surface area contributed by atoms with Crippen LogP contribution in [0.5, 0.6) is 0 Å². The second kappa shape index (κ2) is 4.84. The van der Waals surface area contributed by atoms with Crippen LogP contribution in [0.2, 0.25) is 0 Å². The molecule has 0 aliphatic carbocycles. The molecule has 0 spiro atoms. The van der Waals surface area contributed by atoms with E-state index >= 15 is 0 Å². The van der Waals surface area contributed by atoms with E-state index in [0.717, 1.165) is 12.2 Å². The molecule has 0 aliphatic rings. The number of imidazole rings is 1. The van der Waals surface area contributed by atoms with Crippen molar-refractivity contribution in [1.82, 2.24) is 35.5 Å². The van der Waals surface area contributed by atoms with E-state index in [-0.39, 0.29) is 0 Å². The Morgan fingerprint density at radius 1 is 1.44 bits per heavy atom. The Balaban J connectivity index is 1.87. The maximum atomic E-state index is 4.13. The van der Waals surface area contributed by atoms with E-state index in [2.05, 4.69) is 49.3 Å². The molecule has 0 radical (unpaired) electrons. The van der Waals surface area contributed by atoms with Gasteiger partial charge in [-0.05, 0) is 13.8 Å². The van der Waals surface area contributed by atoms with Gasteiger partial charge >= 0.3 is 0 Å². The third kappa shape index (κ3) is 2.43. The Hall–Kier alpha value is -1.76. The van der Waals surface area contributed by atoms with Crippen LogP contribution in [0, 0.1) is 0 Å². The molecule has 2 rings (SSSR count). The quantitative estimate of drug-likeness (QED) is 0.757. The van der Waals surface area contributed by atoms with Crippen molar-refractivity contribution in [2.75, 3.05) is 0 Å². The van der Waals surface area contributed by atoms with Crippen molar-refractivity contribution in [3.63, 3.8) is 0 Å². The molecule has 7 heteroatoms. The molecular formula is C9H15N7. The van der Waals surface area contributed by atoms with E-state index in [4.69, 9.17) is 0 Å². The summed E-state index contributed by atoms with van der Waals surface area (Å²) in [6, 6.07) is 0.421. The number of nitrogens with zero attached hydrogens (tertiary/aromatic N) is 5. The zero-order valence-electron chi connectivity index (χ0n) is 9.38. The van der Waals surface area contributed by atoms with Crippen molar-refractivity contribution >= 4 is 0 Å². The number of hydrogen-bond acceptors (Lipinski definition) is 5. The highest BCUT2D eigenvalue weighted by Crippen LogP contribution is 2.08. The third-order valence-corrected chi connectivity index (χ3v) is 2.28. The fourth-order valence-electron chi connectivity index (χ4n) is 1.49. The van der Waals surface area contributed by atoms with Crippen molar-refractivity contribution < 1.29 is 0 Å². The lowest BCUT2D eigenvalue weighted by Gasteiger charge is -2.11. The van der Waals surface area contributed by atoms with Gasteiger partial charge in [-0.25, -0.2) is 4.98 Å². The fraction of sp³-hybridized carbons (Fsp3) is 0.556. The highest BCUT2D eigenvalue weighted by Gasteiger charge is 2.05. The first-order chi connectivity index (χ1) is 7.77. The second-order valence-electron chi connectivity index (χ2n) is 3.82. The Kier molecular flexibility index (Phi) is 3.25. The summed E-state index contributed by atoms with van der Waals surface area (Å²) in [5.74, 6) is 0.663. The highest BCUT2D eigenvalue weighted by molar-refractivity contribution is 4.99. The van der Waals surface area contributed by atoms with E-state index < -0.39 is 0 Å². The number of tetrazole rings is 1. The van der Waals surface area contributed by atoms with Gasteiger partial charge in [-0.3, -0.25) is 0 Å². The van der Waals surface area contributed by atoms with Crippen LogP contribution in [0.3, 0.4) is 0 Å². The second-order valence-corrected chi connectivity index (χ2v) is 3.82. The van der Waals surface area contributed by atoms with Gasteiger partial charge < -0.3 is 9.88 Å². The first kappa shape index (κ1) is 10.7. The molecule has 0 fully saturated rings. The molecule has 0 saturated carbocycles. The first-order valence-electron chi connectivity index (χ1n) is 5.21. The molecule has 0 unspecified atom stereocenters. The van der Waals surface area contributed by atoms with Gasteiger partial charge in [0.2, 0.25) is 0 Å². The van der Waals surface area contributed by atoms with E-state index in [9.17, 15) is 0 Å². The zero-order chi connectivity index (χ0) is 11.4. The van der Waals surface area contributed by atoms with E-state index in [1.54, 1.807) is 0 Å². The van der Waals surface area contributed by atoms with Crippen LogP contribution in [0.15, 0.2) is 12.5 Å². The normalized spacial score (nSPS) is 11.2. The van der Waals surface area contributed by atoms with Gasteiger partial charge in [0.25, 0.3) is 0 Å². The molecule has 0 atom stereocenters. The SMILES string of the molecule is CC(C)n1cncc1CNCc1nn[nH]n1. The molecule has 0 aliphatic heterocycles. The topological polar surface area (TPSA) is 84.3 Å². The lowest BCUT2D eigenvalue weighted by Crippen LogP contribution is -2.17. The minimum absolute atomic E-state index is 0.421. The standard InChI is InChI=1S/C9H15N7/c1-7(2)16-6-11-4-8(16)3-10-5-9-12-14-15-13-9/h4,6-7,10H,3,5H2,1-2H3,(H,12,13,14,15). The summed E-state index contributed by atoms with van der Waals surface area (Å²) >= 11 is 0. The number of hydrogen-bond donors (Lipinski definition) is 2.